The molecule has 0 spiro atoms. The van der Waals surface area contributed by atoms with Crippen LogP contribution < -0.4 is 11.3 Å². The number of aliphatic imine (C=N–C) groups is 2. The van der Waals surface area contributed by atoms with E-state index in [-0.39, 0.29) is 17.3 Å². The number of aromatic amines is 1. The average molecular weight is 426 g/mol. The smallest absolute Gasteiger partial charge is 0.259 e. The summed E-state index contributed by atoms with van der Waals surface area (Å²) in [4.78, 5) is 26.7. The number of nitrogens with one attached hydrogen (secondary N) is 1. The van der Waals surface area contributed by atoms with Crippen LogP contribution in [0.4, 0.5) is 5.69 Å². The summed E-state index contributed by atoms with van der Waals surface area (Å²) in [5.74, 6) is 3.75. The summed E-state index contributed by atoms with van der Waals surface area (Å²) in [5, 5.41) is 0. The molecule has 0 aliphatic carbocycles. The van der Waals surface area contributed by atoms with Crippen LogP contribution in [0.2, 0.25) is 0 Å². The Balaban J connectivity index is 1.94. The van der Waals surface area contributed by atoms with Crippen LogP contribution in [-0.4, -0.2) is 53.2 Å². The van der Waals surface area contributed by atoms with Gasteiger partial charge in [0.2, 0.25) is 0 Å². The van der Waals surface area contributed by atoms with Crippen LogP contribution in [0.1, 0.15) is 48.4 Å². The minimum Gasteiger partial charge on any atom is -0.383 e. The molecule has 0 amide bonds. The van der Waals surface area contributed by atoms with Gasteiger partial charge in [0.15, 0.2) is 0 Å². The van der Waals surface area contributed by atoms with Gasteiger partial charge < -0.3 is 15.6 Å². The third-order valence-electron chi connectivity index (χ3n) is 5.62. The van der Waals surface area contributed by atoms with E-state index in [1.54, 1.807) is 6.20 Å². The lowest BCUT2D eigenvalue weighted by atomic mass is 9.94. The van der Waals surface area contributed by atoms with Crippen LogP contribution in [0, 0.1) is 6.92 Å². The fourth-order valence-corrected chi connectivity index (χ4v) is 4.66. The molecule has 0 bridgehead atoms. The van der Waals surface area contributed by atoms with E-state index in [9.17, 15) is 4.79 Å². The topological polar surface area (TPSA) is 86.8 Å². The number of rotatable bonds is 5. The third-order valence-corrected chi connectivity index (χ3v) is 6.56. The predicted octanol–water partition coefficient (Wildman–Crippen LogP) is 3.66. The molecule has 1 aromatic carbocycles. The average Bonchev–Trinajstić information content (AvgIpc) is 2.75. The van der Waals surface area contributed by atoms with E-state index in [1.807, 2.05) is 37.0 Å². The maximum absolute atomic E-state index is 12.5. The van der Waals surface area contributed by atoms with Gasteiger partial charge in [-0.3, -0.25) is 9.79 Å². The molecule has 160 valence electrons. The van der Waals surface area contributed by atoms with Gasteiger partial charge in [0.25, 0.3) is 5.56 Å². The third kappa shape index (κ3) is 4.78. The van der Waals surface area contributed by atoms with Gasteiger partial charge in [0.05, 0.1) is 11.3 Å². The number of hydrogen-bond acceptors (Lipinski definition) is 4. The quantitative estimate of drug-likeness (QED) is 0.565. The molecule has 0 radical (unpaired) electrons. The molecular formula is C23H31N5OS. The molecule has 30 heavy (non-hydrogen) atoms. The summed E-state index contributed by atoms with van der Waals surface area (Å²) in [6.07, 6.45) is 2.59. The van der Waals surface area contributed by atoms with E-state index in [2.05, 4.69) is 46.7 Å². The van der Waals surface area contributed by atoms with E-state index in [0.29, 0.717) is 5.56 Å². The van der Waals surface area contributed by atoms with E-state index < -0.39 is 0 Å². The largest absolute Gasteiger partial charge is 0.383 e. The number of aromatic nitrogens is 1. The van der Waals surface area contributed by atoms with Gasteiger partial charge in [0, 0.05) is 43.4 Å². The SMILES string of the molecule is CCC(C)c1cc[nH]c(=O)c1C(N)=Nc1ccc(C(=NC)N2CCSCC2)c(C)c1. The van der Waals surface area contributed by atoms with Crippen molar-refractivity contribution in [3.05, 3.63) is 63.1 Å². The molecule has 2 heterocycles. The number of aryl methyl sites for hydroxylation is 1. The maximum Gasteiger partial charge on any atom is 0.259 e. The zero-order chi connectivity index (χ0) is 21.7. The first-order chi connectivity index (χ1) is 14.5. The van der Waals surface area contributed by atoms with Gasteiger partial charge in [-0.25, -0.2) is 4.99 Å². The monoisotopic (exact) mass is 425 g/mol. The first-order valence-corrected chi connectivity index (χ1v) is 11.6. The second-order valence-electron chi connectivity index (χ2n) is 7.59. The number of hydrogen-bond donors (Lipinski definition) is 2. The molecule has 1 unspecified atom stereocenters. The molecule has 1 fully saturated rings. The Morgan fingerprint density at radius 2 is 2.03 bits per heavy atom. The van der Waals surface area contributed by atoms with Gasteiger partial charge in [-0.05, 0) is 54.7 Å². The summed E-state index contributed by atoms with van der Waals surface area (Å²) in [5.41, 5.74) is 10.4. The molecule has 1 aliphatic heterocycles. The molecule has 0 saturated carbocycles. The van der Waals surface area contributed by atoms with Gasteiger partial charge in [0.1, 0.15) is 11.7 Å². The van der Waals surface area contributed by atoms with Crippen molar-refractivity contribution in [2.24, 2.45) is 15.7 Å². The maximum atomic E-state index is 12.5. The predicted molar refractivity (Wildman–Crippen MR) is 129 cm³/mol. The first kappa shape index (κ1) is 22.2. The normalized spacial score (nSPS) is 16.6. The summed E-state index contributed by atoms with van der Waals surface area (Å²) < 4.78 is 0. The molecule has 3 N–H and O–H groups in total. The lowest BCUT2D eigenvalue weighted by Crippen LogP contribution is -2.38. The zero-order valence-corrected chi connectivity index (χ0v) is 19.1. The Kier molecular flexibility index (Phi) is 7.37. The van der Waals surface area contributed by atoms with Crippen molar-refractivity contribution in [2.45, 2.75) is 33.1 Å². The van der Waals surface area contributed by atoms with E-state index >= 15 is 0 Å². The molecular weight excluding hydrogens is 394 g/mol. The number of pyridine rings is 1. The van der Waals surface area contributed by atoms with Crippen LogP contribution in [0.15, 0.2) is 45.2 Å². The molecule has 1 aliphatic rings. The van der Waals surface area contributed by atoms with Crippen molar-refractivity contribution in [1.29, 1.82) is 0 Å². The van der Waals surface area contributed by atoms with Crippen LogP contribution in [0.3, 0.4) is 0 Å². The van der Waals surface area contributed by atoms with Crippen molar-refractivity contribution in [1.82, 2.24) is 9.88 Å². The fraction of sp³-hybridized carbons (Fsp3) is 0.435. The van der Waals surface area contributed by atoms with E-state index in [1.165, 1.54) is 0 Å². The standard InChI is InChI=1S/C23H31N5OS/c1-5-15(2)18-8-9-26-23(29)20(18)21(24)27-17-6-7-19(16(3)14-17)22(25-4)28-10-12-30-13-11-28/h6-9,14-15H,5,10-13H2,1-4H3,(H2,24,27)(H,26,29). The number of amidine groups is 2. The fourth-order valence-electron chi connectivity index (χ4n) is 3.76. The Morgan fingerprint density at radius 1 is 1.30 bits per heavy atom. The number of benzene rings is 1. The second kappa shape index (κ2) is 9.98. The zero-order valence-electron chi connectivity index (χ0n) is 18.2. The highest BCUT2D eigenvalue weighted by Crippen LogP contribution is 2.24. The lowest BCUT2D eigenvalue weighted by molar-refractivity contribution is 0.463. The Bertz CT molecular complexity index is 1000. The van der Waals surface area contributed by atoms with Crippen molar-refractivity contribution in [3.8, 4) is 0 Å². The van der Waals surface area contributed by atoms with Crippen LogP contribution in [0.25, 0.3) is 0 Å². The first-order valence-electron chi connectivity index (χ1n) is 10.4. The minimum atomic E-state index is -0.203. The summed E-state index contributed by atoms with van der Waals surface area (Å²) in [6, 6.07) is 7.92. The number of thioether (sulfide) groups is 1. The highest BCUT2D eigenvalue weighted by molar-refractivity contribution is 7.99. The number of nitrogens with two attached hydrogens (primary N) is 1. The Morgan fingerprint density at radius 3 is 2.67 bits per heavy atom. The summed E-state index contributed by atoms with van der Waals surface area (Å²) in [7, 11) is 1.85. The minimum absolute atomic E-state index is 0.203. The van der Waals surface area contributed by atoms with Gasteiger partial charge in [-0.1, -0.05) is 13.8 Å². The van der Waals surface area contributed by atoms with Crippen molar-refractivity contribution in [3.63, 3.8) is 0 Å². The number of H-pyrrole nitrogens is 1. The molecule has 1 aromatic heterocycles. The Hall–Kier alpha value is -2.54. The number of nitrogens with zero attached hydrogens (tertiary/aromatic N) is 3. The van der Waals surface area contributed by atoms with Crippen LogP contribution in [0.5, 0.6) is 0 Å². The highest BCUT2D eigenvalue weighted by Gasteiger charge is 2.19. The molecule has 6 nitrogen and oxygen atoms in total. The van der Waals surface area contributed by atoms with Gasteiger partial charge >= 0.3 is 0 Å². The van der Waals surface area contributed by atoms with Crippen molar-refractivity contribution in [2.75, 3.05) is 31.6 Å². The van der Waals surface area contributed by atoms with E-state index in [4.69, 9.17) is 5.73 Å². The van der Waals surface area contributed by atoms with Crippen molar-refractivity contribution >= 4 is 29.1 Å². The van der Waals surface area contributed by atoms with Crippen LogP contribution in [-0.2, 0) is 0 Å². The molecule has 3 rings (SSSR count). The van der Waals surface area contributed by atoms with Gasteiger partial charge in [-0.15, -0.1) is 0 Å². The molecule has 7 heteroatoms. The van der Waals surface area contributed by atoms with Gasteiger partial charge in [-0.2, -0.15) is 11.8 Å². The summed E-state index contributed by atoms with van der Waals surface area (Å²) >= 11 is 1.98. The molecule has 2 aromatic rings. The molecule has 1 atom stereocenters. The second-order valence-corrected chi connectivity index (χ2v) is 8.81. The summed E-state index contributed by atoms with van der Waals surface area (Å²) in [6.45, 7) is 8.28. The van der Waals surface area contributed by atoms with E-state index in [0.717, 1.165) is 59.2 Å². The Labute approximate surface area is 182 Å². The molecule has 1 saturated heterocycles. The lowest BCUT2D eigenvalue weighted by Gasteiger charge is -2.30. The van der Waals surface area contributed by atoms with Crippen molar-refractivity contribution < 1.29 is 0 Å². The highest BCUT2D eigenvalue weighted by atomic mass is 32.2. The van der Waals surface area contributed by atoms with Crippen LogP contribution >= 0.6 is 11.8 Å².